The van der Waals surface area contributed by atoms with Gasteiger partial charge in [0.15, 0.2) is 0 Å². The molecule has 3 rings (SSSR count). The molecule has 22 heavy (non-hydrogen) atoms. The molecule has 0 aliphatic carbocycles. The summed E-state index contributed by atoms with van der Waals surface area (Å²) >= 11 is 1.62. The number of nitrogens with zero attached hydrogens (tertiary/aromatic N) is 4. The topological polar surface area (TPSA) is 63.6 Å². The van der Waals surface area contributed by atoms with Crippen LogP contribution in [0.1, 0.15) is 23.4 Å². The highest BCUT2D eigenvalue weighted by Gasteiger charge is 2.06. The van der Waals surface area contributed by atoms with Gasteiger partial charge >= 0.3 is 0 Å². The largest absolute Gasteiger partial charge is 0.363 e. The third-order valence-electron chi connectivity index (χ3n) is 3.12. The first-order valence-electron chi connectivity index (χ1n) is 7.19. The van der Waals surface area contributed by atoms with Gasteiger partial charge in [-0.3, -0.25) is 4.98 Å². The van der Waals surface area contributed by atoms with Gasteiger partial charge in [0, 0.05) is 29.8 Å². The number of hydrogen-bond donors (Lipinski definition) is 1. The molecular weight excluding hydrogens is 294 g/mol. The SMILES string of the molecule is CCc1nc(C)cc(NCc2nc(-c3ccccn3)cs2)n1. The lowest BCUT2D eigenvalue weighted by molar-refractivity contribution is 0.911. The minimum Gasteiger partial charge on any atom is -0.363 e. The van der Waals surface area contributed by atoms with Gasteiger partial charge in [0.05, 0.1) is 17.9 Å². The smallest absolute Gasteiger partial charge is 0.130 e. The first-order valence-corrected chi connectivity index (χ1v) is 8.07. The molecule has 0 unspecified atom stereocenters. The molecule has 0 aliphatic rings. The van der Waals surface area contributed by atoms with E-state index in [-0.39, 0.29) is 0 Å². The molecule has 0 aromatic carbocycles. The zero-order valence-electron chi connectivity index (χ0n) is 12.6. The average Bonchev–Trinajstić information content (AvgIpc) is 3.02. The molecule has 6 heteroatoms. The van der Waals surface area contributed by atoms with Crippen LogP contribution in [0.3, 0.4) is 0 Å². The van der Waals surface area contributed by atoms with Gasteiger partial charge in [-0.2, -0.15) is 0 Å². The van der Waals surface area contributed by atoms with Gasteiger partial charge < -0.3 is 5.32 Å². The first kappa shape index (κ1) is 14.6. The fourth-order valence-electron chi connectivity index (χ4n) is 2.07. The summed E-state index contributed by atoms with van der Waals surface area (Å²) in [6.07, 6.45) is 2.61. The van der Waals surface area contributed by atoms with E-state index >= 15 is 0 Å². The molecule has 5 nitrogen and oxygen atoms in total. The Balaban J connectivity index is 1.70. The molecule has 0 radical (unpaired) electrons. The van der Waals surface area contributed by atoms with E-state index in [1.807, 2.05) is 36.6 Å². The summed E-state index contributed by atoms with van der Waals surface area (Å²) in [7, 11) is 0. The van der Waals surface area contributed by atoms with Gasteiger partial charge in [-0.1, -0.05) is 13.0 Å². The number of pyridine rings is 1. The first-order chi connectivity index (χ1) is 10.7. The van der Waals surface area contributed by atoms with Crippen LogP contribution in [0, 0.1) is 6.92 Å². The van der Waals surface area contributed by atoms with Gasteiger partial charge in [0.2, 0.25) is 0 Å². The molecule has 1 N–H and O–H groups in total. The standard InChI is InChI=1S/C16H17N5S/c1-3-14-19-11(2)8-15(21-14)18-9-16-20-13(10-22-16)12-6-4-5-7-17-12/h4-8,10H,3,9H2,1-2H3,(H,18,19,21). The molecule has 112 valence electrons. The molecule has 0 fully saturated rings. The lowest BCUT2D eigenvalue weighted by atomic mass is 10.3. The van der Waals surface area contributed by atoms with E-state index in [1.165, 1.54) is 0 Å². The van der Waals surface area contributed by atoms with Crippen molar-refractivity contribution in [1.29, 1.82) is 0 Å². The third-order valence-corrected chi connectivity index (χ3v) is 3.97. The minimum absolute atomic E-state index is 0.650. The molecule has 0 atom stereocenters. The van der Waals surface area contributed by atoms with Crippen molar-refractivity contribution < 1.29 is 0 Å². The van der Waals surface area contributed by atoms with Gasteiger partial charge in [0.1, 0.15) is 16.6 Å². The fourth-order valence-corrected chi connectivity index (χ4v) is 2.80. The van der Waals surface area contributed by atoms with E-state index in [2.05, 4.69) is 32.2 Å². The quantitative estimate of drug-likeness (QED) is 0.781. The zero-order chi connectivity index (χ0) is 15.4. The predicted molar refractivity (Wildman–Crippen MR) is 88.8 cm³/mol. The molecular formula is C16H17N5S. The molecule has 0 saturated carbocycles. The normalized spacial score (nSPS) is 10.6. The van der Waals surface area contributed by atoms with Crippen molar-refractivity contribution in [1.82, 2.24) is 19.9 Å². The second-order valence-electron chi connectivity index (χ2n) is 4.86. The molecule has 0 amide bonds. The van der Waals surface area contributed by atoms with Crippen molar-refractivity contribution in [2.45, 2.75) is 26.8 Å². The second kappa shape index (κ2) is 6.62. The molecule has 0 aliphatic heterocycles. The third kappa shape index (κ3) is 3.46. The Labute approximate surface area is 133 Å². The minimum atomic E-state index is 0.650. The van der Waals surface area contributed by atoms with Crippen LogP contribution in [-0.4, -0.2) is 19.9 Å². The number of aromatic nitrogens is 4. The second-order valence-corrected chi connectivity index (χ2v) is 5.80. The number of aryl methyl sites for hydroxylation is 2. The Morgan fingerprint density at radius 1 is 1.14 bits per heavy atom. The molecule has 0 saturated heterocycles. The number of hydrogen-bond acceptors (Lipinski definition) is 6. The van der Waals surface area contributed by atoms with Crippen molar-refractivity contribution >= 4 is 17.2 Å². The number of nitrogens with one attached hydrogen (secondary N) is 1. The molecule has 0 spiro atoms. The zero-order valence-corrected chi connectivity index (χ0v) is 13.4. The van der Waals surface area contributed by atoms with Crippen LogP contribution in [0.5, 0.6) is 0 Å². The molecule has 3 aromatic rings. The maximum Gasteiger partial charge on any atom is 0.130 e. The Bertz CT molecular complexity index is 754. The van der Waals surface area contributed by atoms with Crippen molar-refractivity contribution in [3.63, 3.8) is 0 Å². The molecule has 0 bridgehead atoms. The van der Waals surface area contributed by atoms with Gasteiger partial charge in [-0.05, 0) is 19.1 Å². The van der Waals surface area contributed by atoms with Gasteiger partial charge in [0.25, 0.3) is 0 Å². The highest BCUT2D eigenvalue weighted by molar-refractivity contribution is 7.09. The van der Waals surface area contributed by atoms with E-state index in [0.29, 0.717) is 6.54 Å². The summed E-state index contributed by atoms with van der Waals surface area (Å²) in [6, 6.07) is 7.79. The van der Waals surface area contributed by atoms with Crippen LogP contribution >= 0.6 is 11.3 Å². The van der Waals surface area contributed by atoms with E-state index in [9.17, 15) is 0 Å². The Kier molecular flexibility index (Phi) is 4.39. The number of anilines is 1. The van der Waals surface area contributed by atoms with Crippen LogP contribution in [0.4, 0.5) is 5.82 Å². The monoisotopic (exact) mass is 311 g/mol. The predicted octanol–water partition coefficient (Wildman–Crippen LogP) is 3.48. The number of rotatable bonds is 5. The van der Waals surface area contributed by atoms with Crippen LogP contribution in [0.15, 0.2) is 35.8 Å². The van der Waals surface area contributed by atoms with Crippen molar-refractivity contribution in [2.24, 2.45) is 0 Å². The summed E-state index contributed by atoms with van der Waals surface area (Å²) in [6.45, 7) is 4.68. The summed E-state index contributed by atoms with van der Waals surface area (Å²) in [5, 5.41) is 6.36. The van der Waals surface area contributed by atoms with Crippen LogP contribution in [-0.2, 0) is 13.0 Å². The lowest BCUT2D eigenvalue weighted by Gasteiger charge is -2.06. The molecule has 3 aromatic heterocycles. The summed E-state index contributed by atoms with van der Waals surface area (Å²) < 4.78 is 0. The van der Waals surface area contributed by atoms with Crippen LogP contribution in [0.2, 0.25) is 0 Å². The Hall–Kier alpha value is -2.34. The lowest BCUT2D eigenvalue weighted by Crippen LogP contribution is -2.05. The van der Waals surface area contributed by atoms with E-state index in [0.717, 1.165) is 40.2 Å². The maximum atomic E-state index is 4.61. The summed E-state index contributed by atoms with van der Waals surface area (Å²) in [5.74, 6) is 1.70. The van der Waals surface area contributed by atoms with Gasteiger partial charge in [-0.15, -0.1) is 11.3 Å². The summed E-state index contributed by atoms with van der Waals surface area (Å²) in [4.78, 5) is 17.8. The van der Waals surface area contributed by atoms with Crippen LogP contribution < -0.4 is 5.32 Å². The van der Waals surface area contributed by atoms with Gasteiger partial charge in [-0.25, -0.2) is 15.0 Å². The fraction of sp³-hybridized carbons (Fsp3) is 0.250. The Morgan fingerprint density at radius 2 is 2.05 bits per heavy atom. The Morgan fingerprint density at radius 3 is 2.82 bits per heavy atom. The highest BCUT2D eigenvalue weighted by atomic mass is 32.1. The van der Waals surface area contributed by atoms with E-state index in [4.69, 9.17) is 0 Å². The number of thiazole rings is 1. The van der Waals surface area contributed by atoms with Crippen LogP contribution in [0.25, 0.3) is 11.4 Å². The van der Waals surface area contributed by atoms with Crippen molar-refractivity contribution in [3.05, 3.63) is 52.4 Å². The maximum absolute atomic E-state index is 4.61. The van der Waals surface area contributed by atoms with Crippen molar-refractivity contribution in [3.8, 4) is 11.4 Å². The van der Waals surface area contributed by atoms with E-state index in [1.54, 1.807) is 17.5 Å². The molecule has 3 heterocycles. The summed E-state index contributed by atoms with van der Waals surface area (Å²) in [5.41, 5.74) is 2.79. The highest BCUT2D eigenvalue weighted by Crippen LogP contribution is 2.20. The van der Waals surface area contributed by atoms with E-state index < -0.39 is 0 Å². The van der Waals surface area contributed by atoms with Crippen molar-refractivity contribution in [2.75, 3.05) is 5.32 Å². The average molecular weight is 311 g/mol.